The van der Waals surface area contributed by atoms with Crippen molar-refractivity contribution in [3.63, 3.8) is 0 Å². The molecule has 20 heavy (non-hydrogen) atoms. The zero-order valence-electron chi connectivity index (χ0n) is 10.7. The second kappa shape index (κ2) is 5.41. The summed E-state index contributed by atoms with van der Waals surface area (Å²) in [4.78, 5) is 22.9. The Morgan fingerprint density at radius 1 is 1.55 bits per heavy atom. The van der Waals surface area contributed by atoms with Crippen LogP contribution in [-0.4, -0.2) is 42.3 Å². The maximum atomic E-state index is 13.3. The summed E-state index contributed by atoms with van der Waals surface area (Å²) in [5, 5.41) is 20.1. The van der Waals surface area contributed by atoms with E-state index in [0.29, 0.717) is 0 Å². The molecule has 2 rings (SSSR count). The predicted molar refractivity (Wildman–Crippen MR) is 67.2 cm³/mol. The van der Waals surface area contributed by atoms with Gasteiger partial charge in [-0.05, 0) is 6.07 Å². The Hall–Kier alpha value is -2.22. The van der Waals surface area contributed by atoms with Gasteiger partial charge in [-0.1, -0.05) is 0 Å². The third-order valence-corrected chi connectivity index (χ3v) is 3.38. The third-order valence-electron chi connectivity index (χ3n) is 3.38. The largest absolute Gasteiger partial charge is 0.481 e. The summed E-state index contributed by atoms with van der Waals surface area (Å²) in [6.07, 6.45) is 0. The van der Waals surface area contributed by atoms with E-state index in [1.165, 1.54) is 11.9 Å². The highest BCUT2D eigenvalue weighted by molar-refractivity contribution is 5.73. The second-order valence-corrected chi connectivity index (χ2v) is 4.55. The molecule has 7 nitrogen and oxygen atoms in total. The molecule has 0 radical (unpaired) electrons. The van der Waals surface area contributed by atoms with Gasteiger partial charge in [-0.2, -0.15) is 0 Å². The van der Waals surface area contributed by atoms with Crippen molar-refractivity contribution in [2.75, 3.05) is 25.2 Å². The number of hydrogen-bond donors (Lipinski definition) is 1. The second-order valence-electron chi connectivity index (χ2n) is 4.55. The third kappa shape index (κ3) is 2.55. The average Bonchev–Trinajstić information content (AvgIpc) is 2.86. The van der Waals surface area contributed by atoms with Crippen molar-refractivity contribution in [2.24, 2.45) is 5.92 Å². The Labute approximate surface area is 113 Å². The van der Waals surface area contributed by atoms with E-state index in [0.717, 1.165) is 18.2 Å². The standard InChI is InChI=1S/C12H13FN2O5/c1-14(11-6-20-5-8(11)12(16)17)10-4-7(13)2-3-9(10)15(18)19/h2-4,8,11H,5-6H2,1H3,(H,16,17). The van der Waals surface area contributed by atoms with Crippen LogP contribution in [0.1, 0.15) is 0 Å². The molecule has 108 valence electrons. The number of benzene rings is 1. The molecule has 1 aliphatic heterocycles. The highest BCUT2D eigenvalue weighted by Crippen LogP contribution is 2.32. The topological polar surface area (TPSA) is 92.9 Å². The lowest BCUT2D eigenvalue weighted by Gasteiger charge is -2.27. The van der Waals surface area contributed by atoms with E-state index in [4.69, 9.17) is 9.84 Å². The Kier molecular flexibility index (Phi) is 3.84. The molecule has 1 saturated heterocycles. The fraction of sp³-hybridized carbons (Fsp3) is 0.417. The van der Waals surface area contributed by atoms with Gasteiger partial charge in [-0.25, -0.2) is 4.39 Å². The van der Waals surface area contributed by atoms with Crippen LogP contribution in [0.15, 0.2) is 18.2 Å². The predicted octanol–water partition coefficient (Wildman–Crippen LogP) is 1.27. The summed E-state index contributed by atoms with van der Waals surface area (Å²) in [5.41, 5.74) is -0.235. The number of carbonyl (C=O) groups is 1. The van der Waals surface area contributed by atoms with Gasteiger partial charge in [-0.15, -0.1) is 0 Å². The first-order valence-electron chi connectivity index (χ1n) is 5.89. The summed E-state index contributed by atoms with van der Waals surface area (Å²) in [7, 11) is 1.50. The molecule has 2 unspecified atom stereocenters. The fourth-order valence-electron chi connectivity index (χ4n) is 2.27. The molecule has 0 bridgehead atoms. The van der Waals surface area contributed by atoms with Gasteiger partial charge < -0.3 is 14.7 Å². The fourth-order valence-corrected chi connectivity index (χ4v) is 2.27. The monoisotopic (exact) mass is 284 g/mol. The molecule has 0 aliphatic carbocycles. The first kappa shape index (κ1) is 14.2. The van der Waals surface area contributed by atoms with Crippen molar-refractivity contribution >= 4 is 17.3 Å². The van der Waals surface area contributed by atoms with Crippen molar-refractivity contribution in [3.8, 4) is 0 Å². The van der Waals surface area contributed by atoms with Crippen LogP contribution in [0.4, 0.5) is 15.8 Å². The minimum atomic E-state index is -1.04. The Bertz CT molecular complexity index is 551. The van der Waals surface area contributed by atoms with Crippen molar-refractivity contribution in [3.05, 3.63) is 34.1 Å². The number of nitro benzene ring substituents is 1. The minimum Gasteiger partial charge on any atom is -0.481 e. The number of nitro groups is 1. The normalized spacial score (nSPS) is 21.7. The van der Waals surface area contributed by atoms with Gasteiger partial charge in [0.2, 0.25) is 0 Å². The van der Waals surface area contributed by atoms with Gasteiger partial charge in [-0.3, -0.25) is 14.9 Å². The van der Waals surface area contributed by atoms with Crippen molar-refractivity contribution in [2.45, 2.75) is 6.04 Å². The van der Waals surface area contributed by atoms with Crippen molar-refractivity contribution in [1.82, 2.24) is 0 Å². The number of nitrogens with zero attached hydrogens (tertiary/aromatic N) is 2. The SMILES string of the molecule is CN(c1cc(F)ccc1[N+](=O)[O-])C1COCC1C(=O)O. The van der Waals surface area contributed by atoms with Gasteiger partial charge >= 0.3 is 5.97 Å². The van der Waals surface area contributed by atoms with E-state index in [1.807, 2.05) is 0 Å². The summed E-state index contributed by atoms with van der Waals surface area (Å²) in [5.74, 6) is -2.47. The summed E-state index contributed by atoms with van der Waals surface area (Å²) < 4.78 is 18.4. The lowest BCUT2D eigenvalue weighted by Crippen LogP contribution is -2.41. The summed E-state index contributed by atoms with van der Waals surface area (Å²) in [6.45, 7) is 0.161. The van der Waals surface area contributed by atoms with Crippen LogP contribution in [0.3, 0.4) is 0 Å². The van der Waals surface area contributed by atoms with Crippen LogP contribution >= 0.6 is 0 Å². The number of anilines is 1. The maximum Gasteiger partial charge on any atom is 0.311 e. The number of hydrogen-bond acceptors (Lipinski definition) is 5. The van der Waals surface area contributed by atoms with Crippen LogP contribution < -0.4 is 4.90 Å². The number of carboxylic acids is 1. The van der Waals surface area contributed by atoms with Crippen molar-refractivity contribution < 1.29 is 24.0 Å². The van der Waals surface area contributed by atoms with E-state index in [1.54, 1.807) is 0 Å². The lowest BCUT2D eigenvalue weighted by molar-refractivity contribution is -0.384. The smallest absolute Gasteiger partial charge is 0.311 e. The molecule has 8 heteroatoms. The van der Waals surface area contributed by atoms with Gasteiger partial charge in [0.15, 0.2) is 0 Å². The number of halogens is 1. The molecule has 1 aromatic carbocycles. The Morgan fingerprint density at radius 2 is 2.25 bits per heavy atom. The number of ether oxygens (including phenoxy) is 1. The molecule has 0 spiro atoms. The van der Waals surface area contributed by atoms with Crippen LogP contribution in [0.5, 0.6) is 0 Å². The van der Waals surface area contributed by atoms with Gasteiger partial charge in [0.25, 0.3) is 5.69 Å². The van der Waals surface area contributed by atoms with E-state index >= 15 is 0 Å². The minimum absolute atomic E-state index is 0.0352. The highest BCUT2D eigenvalue weighted by Gasteiger charge is 2.38. The highest BCUT2D eigenvalue weighted by atomic mass is 19.1. The van der Waals surface area contributed by atoms with Gasteiger partial charge in [0.1, 0.15) is 17.4 Å². The molecule has 0 aromatic heterocycles. The zero-order chi connectivity index (χ0) is 14.9. The molecule has 1 heterocycles. The first-order chi connectivity index (χ1) is 9.41. The van der Waals surface area contributed by atoms with Crippen LogP contribution in [0.25, 0.3) is 0 Å². The van der Waals surface area contributed by atoms with E-state index in [9.17, 15) is 19.3 Å². The molecular weight excluding hydrogens is 271 g/mol. The number of likely N-dealkylation sites (N-methyl/N-ethyl adjacent to an activating group) is 1. The first-order valence-corrected chi connectivity index (χ1v) is 5.89. The molecular formula is C12H13FN2O5. The average molecular weight is 284 g/mol. The Morgan fingerprint density at radius 3 is 2.85 bits per heavy atom. The molecule has 1 aromatic rings. The van der Waals surface area contributed by atoms with Gasteiger partial charge in [0.05, 0.1) is 24.2 Å². The summed E-state index contributed by atoms with van der Waals surface area (Å²) >= 11 is 0. The molecule has 2 atom stereocenters. The quantitative estimate of drug-likeness (QED) is 0.661. The van der Waals surface area contributed by atoms with Crippen molar-refractivity contribution in [1.29, 1.82) is 0 Å². The van der Waals surface area contributed by atoms with Crippen LogP contribution in [0, 0.1) is 21.8 Å². The molecule has 1 aliphatic rings. The van der Waals surface area contributed by atoms with E-state index < -0.39 is 28.7 Å². The molecule has 0 saturated carbocycles. The number of carboxylic acid groups (broad SMARTS) is 1. The molecule has 1 N–H and O–H groups in total. The molecule has 0 amide bonds. The maximum absolute atomic E-state index is 13.3. The Balaban J connectivity index is 2.37. The zero-order valence-corrected chi connectivity index (χ0v) is 10.7. The number of aliphatic carboxylic acids is 1. The van der Waals surface area contributed by atoms with Crippen LogP contribution in [0.2, 0.25) is 0 Å². The number of rotatable bonds is 4. The van der Waals surface area contributed by atoms with Gasteiger partial charge in [0, 0.05) is 19.2 Å². The van der Waals surface area contributed by atoms with Crippen LogP contribution in [-0.2, 0) is 9.53 Å². The van der Waals surface area contributed by atoms with E-state index in [-0.39, 0.29) is 24.6 Å². The van der Waals surface area contributed by atoms with E-state index in [2.05, 4.69) is 0 Å². The molecule has 1 fully saturated rings. The lowest BCUT2D eigenvalue weighted by atomic mass is 10.0. The summed E-state index contributed by atoms with van der Waals surface area (Å²) in [6, 6.07) is 2.50.